The minimum Gasteiger partial charge on any atom is -0.396 e. The van der Waals surface area contributed by atoms with Crippen LogP contribution in [0.3, 0.4) is 0 Å². The number of hydrogen-bond donors (Lipinski definition) is 3. The monoisotopic (exact) mass is 279 g/mol. The summed E-state index contributed by atoms with van der Waals surface area (Å²) in [5.74, 6) is 0. The first-order valence-corrected chi connectivity index (χ1v) is 9.64. The van der Waals surface area contributed by atoms with E-state index < -0.39 is 11.5 Å². The van der Waals surface area contributed by atoms with Crippen molar-refractivity contribution in [1.29, 1.82) is 0 Å². The molecule has 0 aromatic heterocycles. The van der Waals surface area contributed by atoms with Crippen molar-refractivity contribution in [2.45, 2.75) is 30.8 Å². The second kappa shape index (κ2) is 6.53. The summed E-state index contributed by atoms with van der Waals surface area (Å²) >= 11 is 17.2. The summed E-state index contributed by atoms with van der Waals surface area (Å²) in [6.07, 6.45) is 1.36. The lowest BCUT2D eigenvalue weighted by Crippen LogP contribution is -2.42. The Kier molecular flexibility index (Phi) is 6.98. The van der Waals surface area contributed by atoms with E-state index in [1.165, 1.54) is 0 Å². The number of hydrogen-bond acceptors (Lipinski definition) is 3. The van der Waals surface area contributed by atoms with Gasteiger partial charge in [0.05, 0.1) is 0 Å². The van der Waals surface area contributed by atoms with Crippen molar-refractivity contribution in [3.05, 3.63) is 0 Å². The highest BCUT2D eigenvalue weighted by atomic mass is 35.8. The summed E-state index contributed by atoms with van der Waals surface area (Å²) in [4.78, 5) is 0. The van der Waals surface area contributed by atoms with Crippen molar-refractivity contribution in [3.8, 4) is 0 Å². The first-order chi connectivity index (χ1) is 6.33. The molecule has 86 valence electrons. The summed E-state index contributed by atoms with van der Waals surface area (Å²) in [5.41, 5.74) is 5.34. The van der Waals surface area contributed by atoms with Crippen LogP contribution >= 0.6 is 33.2 Å². The minimum atomic E-state index is -2.65. The number of aliphatic hydroxyl groups is 2. The highest BCUT2D eigenvalue weighted by molar-refractivity contribution is 7.64. The first-order valence-electron chi connectivity index (χ1n) is 4.40. The van der Waals surface area contributed by atoms with Crippen molar-refractivity contribution in [3.63, 3.8) is 0 Å². The van der Waals surface area contributed by atoms with E-state index in [4.69, 9.17) is 49.2 Å². The Bertz CT molecular complexity index is 160. The Morgan fingerprint density at radius 2 is 1.43 bits per heavy atom. The quantitative estimate of drug-likeness (QED) is 0.489. The third-order valence-corrected chi connectivity index (χ3v) is 4.64. The van der Waals surface area contributed by atoms with Crippen molar-refractivity contribution < 1.29 is 10.2 Å². The predicted octanol–water partition coefficient (Wildman–Crippen LogP) is 1.49. The third kappa shape index (κ3) is 7.28. The van der Waals surface area contributed by atoms with Crippen LogP contribution in [0.25, 0.3) is 0 Å². The van der Waals surface area contributed by atoms with Gasteiger partial charge < -0.3 is 15.9 Å². The molecule has 0 amide bonds. The van der Waals surface area contributed by atoms with E-state index in [1.807, 2.05) is 0 Å². The molecular formula is C7H16Cl3NO2Si. The zero-order valence-corrected chi connectivity index (χ0v) is 11.1. The lowest BCUT2D eigenvalue weighted by atomic mass is 9.90. The van der Waals surface area contributed by atoms with E-state index in [9.17, 15) is 0 Å². The molecule has 0 saturated carbocycles. The number of halogens is 3. The van der Waals surface area contributed by atoms with Crippen molar-refractivity contribution in [2.24, 2.45) is 5.73 Å². The molecule has 4 N–H and O–H groups in total. The van der Waals surface area contributed by atoms with Crippen LogP contribution in [0.1, 0.15) is 19.3 Å². The topological polar surface area (TPSA) is 66.5 Å². The van der Waals surface area contributed by atoms with Crippen LogP contribution in [0.2, 0.25) is 6.04 Å². The average molecular weight is 281 g/mol. The van der Waals surface area contributed by atoms with Crippen LogP contribution in [0.15, 0.2) is 0 Å². The molecule has 0 radical (unpaired) electrons. The fourth-order valence-electron chi connectivity index (χ4n) is 1.21. The third-order valence-electron chi connectivity index (χ3n) is 2.13. The van der Waals surface area contributed by atoms with E-state index in [1.54, 1.807) is 0 Å². The molecule has 0 aromatic rings. The largest absolute Gasteiger partial charge is 0.396 e. The number of aliphatic hydroxyl groups excluding tert-OH is 2. The van der Waals surface area contributed by atoms with E-state index in [0.717, 1.165) is 0 Å². The molecule has 0 fully saturated rings. The zero-order valence-electron chi connectivity index (χ0n) is 7.85. The van der Waals surface area contributed by atoms with Gasteiger partial charge in [-0.05, 0) is 25.3 Å². The summed E-state index contributed by atoms with van der Waals surface area (Å²) in [7, 11) is 0. The van der Waals surface area contributed by atoms with E-state index >= 15 is 0 Å². The maximum atomic E-state index is 8.81. The molecule has 0 spiro atoms. The van der Waals surface area contributed by atoms with Gasteiger partial charge in [0.2, 0.25) is 0 Å². The van der Waals surface area contributed by atoms with Gasteiger partial charge in [-0.1, -0.05) is 0 Å². The highest BCUT2D eigenvalue weighted by Crippen LogP contribution is 2.31. The van der Waals surface area contributed by atoms with E-state index in [0.29, 0.717) is 25.3 Å². The van der Waals surface area contributed by atoms with Crippen molar-refractivity contribution in [2.75, 3.05) is 13.2 Å². The van der Waals surface area contributed by atoms with Gasteiger partial charge in [-0.3, -0.25) is 0 Å². The lowest BCUT2D eigenvalue weighted by molar-refractivity contribution is 0.189. The molecule has 14 heavy (non-hydrogen) atoms. The SMILES string of the molecule is NC(CCO)(CCO)CC[Si](Cl)(Cl)Cl. The maximum Gasteiger partial charge on any atom is 0.341 e. The molecule has 7 heteroatoms. The van der Waals surface area contributed by atoms with Gasteiger partial charge in [0, 0.05) is 18.8 Å². The smallest absolute Gasteiger partial charge is 0.341 e. The van der Waals surface area contributed by atoms with Gasteiger partial charge in [0.15, 0.2) is 0 Å². The van der Waals surface area contributed by atoms with Crippen LogP contribution in [-0.4, -0.2) is 35.0 Å². The van der Waals surface area contributed by atoms with Crippen molar-refractivity contribution in [1.82, 2.24) is 0 Å². The van der Waals surface area contributed by atoms with E-state index in [-0.39, 0.29) is 13.2 Å². The molecule has 0 unspecified atom stereocenters. The molecule has 0 heterocycles. The fourth-order valence-corrected chi connectivity index (χ4v) is 2.84. The van der Waals surface area contributed by atoms with Gasteiger partial charge >= 0.3 is 6.00 Å². The Balaban J connectivity index is 4.08. The second-order valence-corrected chi connectivity index (χ2v) is 12.7. The first kappa shape index (κ1) is 15.0. The molecule has 0 atom stereocenters. The number of rotatable bonds is 7. The van der Waals surface area contributed by atoms with Gasteiger partial charge in [-0.15, -0.1) is 33.2 Å². The summed E-state index contributed by atoms with van der Waals surface area (Å²) in [5, 5.41) is 17.6. The maximum absolute atomic E-state index is 8.81. The van der Waals surface area contributed by atoms with Crippen LogP contribution in [0, 0.1) is 0 Å². The van der Waals surface area contributed by atoms with Crippen LogP contribution in [0.4, 0.5) is 0 Å². The molecule has 0 aliphatic heterocycles. The van der Waals surface area contributed by atoms with Crippen LogP contribution in [-0.2, 0) is 0 Å². The molecular weight excluding hydrogens is 265 g/mol. The normalized spacial score (nSPS) is 13.3. The standard InChI is InChI=1S/C7H16Cl3NO2Si/c8-14(9,10)6-3-7(11,1-4-12)2-5-13/h12-13H,1-6,11H2. The Hall–Kier alpha value is 0.967. The Morgan fingerprint density at radius 3 is 1.71 bits per heavy atom. The fraction of sp³-hybridized carbons (Fsp3) is 1.00. The Morgan fingerprint density at radius 1 is 1.00 bits per heavy atom. The Labute approximate surface area is 99.3 Å². The second-order valence-electron chi connectivity index (χ2n) is 3.42. The van der Waals surface area contributed by atoms with Gasteiger partial charge in [-0.25, -0.2) is 0 Å². The molecule has 0 bridgehead atoms. The van der Waals surface area contributed by atoms with E-state index in [2.05, 4.69) is 0 Å². The van der Waals surface area contributed by atoms with Gasteiger partial charge in [-0.2, -0.15) is 0 Å². The van der Waals surface area contributed by atoms with Crippen LogP contribution in [0.5, 0.6) is 0 Å². The molecule has 0 rings (SSSR count). The van der Waals surface area contributed by atoms with Crippen LogP contribution < -0.4 is 5.73 Å². The lowest BCUT2D eigenvalue weighted by Gasteiger charge is -2.29. The minimum absolute atomic E-state index is 0.0160. The molecule has 3 nitrogen and oxygen atoms in total. The predicted molar refractivity (Wildman–Crippen MR) is 63.1 cm³/mol. The number of nitrogens with two attached hydrogens (primary N) is 1. The summed E-state index contributed by atoms with van der Waals surface area (Å²) in [6, 6.07) is -2.20. The highest BCUT2D eigenvalue weighted by Gasteiger charge is 2.31. The molecule has 0 aromatic carbocycles. The summed E-state index contributed by atoms with van der Waals surface area (Å²) < 4.78 is 0. The van der Waals surface area contributed by atoms with Gasteiger partial charge in [0.25, 0.3) is 0 Å². The molecule has 0 saturated heterocycles. The molecule has 0 aliphatic carbocycles. The van der Waals surface area contributed by atoms with Crippen molar-refractivity contribution >= 4 is 39.2 Å². The summed E-state index contributed by atoms with van der Waals surface area (Å²) in [6.45, 7) is -0.0319. The average Bonchev–Trinajstić information content (AvgIpc) is 2.01. The van der Waals surface area contributed by atoms with Gasteiger partial charge in [0.1, 0.15) is 0 Å². The zero-order chi connectivity index (χ0) is 11.2. The molecule has 0 aliphatic rings.